The molecule has 0 radical (unpaired) electrons. The minimum atomic E-state index is -0.155. The molecule has 1 saturated heterocycles. The monoisotopic (exact) mass is 372 g/mol. The van der Waals surface area contributed by atoms with Gasteiger partial charge in [-0.1, -0.05) is 17.8 Å². The van der Waals surface area contributed by atoms with E-state index in [-0.39, 0.29) is 24.1 Å². The van der Waals surface area contributed by atoms with Gasteiger partial charge in [0.05, 0.1) is 12.3 Å². The lowest BCUT2D eigenvalue weighted by Gasteiger charge is -2.15. The summed E-state index contributed by atoms with van der Waals surface area (Å²) in [5.41, 5.74) is 3.48. The van der Waals surface area contributed by atoms with Crippen molar-refractivity contribution in [1.82, 2.24) is 19.8 Å². The van der Waals surface area contributed by atoms with Gasteiger partial charge in [0.25, 0.3) is 0 Å². The highest BCUT2D eigenvalue weighted by Crippen LogP contribution is 2.22. The van der Waals surface area contributed by atoms with Crippen molar-refractivity contribution in [1.29, 1.82) is 0 Å². The minimum Gasteiger partial charge on any atom is -0.346 e. The van der Waals surface area contributed by atoms with E-state index >= 15 is 0 Å². The number of imidazole rings is 1. The molecule has 0 aliphatic carbocycles. The highest BCUT2D eigenvalue weighted by molar-refractivity contribution is 7.99. The van der Waals surface area contributed by atoms with Crippen LogP contribution >= 0.6 is 11.8 Å². The zero-order valence-electron chi connectivity index (χ0n) is 15.2. The minimum absolute atomic E-state index is 0.00233. The molecule has 1 aliphatic heterocycles. The zero-order chi connectivity index (χ0) is 18.5. The molecule has 1 fully saturated rings. The van der Waals surface area contributed by atoms with Crippen molar-refractivity contribution in [3.63, 3.8) is 0 Å². The lowest BCUT2D eigenvalue weighted by Crippen LogP contribution is -2.39. The normalized spacial score (nSPS) is 13.8. The van der Waals surface area contributed by atoms with E-state index in [9.17, 15) is 9.59 Å². The Bertz CT molecular complexity index is 797. The van der Waals surface area contributed by atoms with E-state index < -0.39 is 0 Å². The second-order valence-electron chi connectivity index (χ2n) is 6.50. The van der Waals surface area contributed by atoms with Gasteiger partial charge in [-0.15, -0.1) is 0 Å². The van der Waals surface area contributed by atoms with Crippen LogP contribution in [0.5, 0.6) is 0 Å². The van der Waals surface area contributed by atoms with Gasteiger partial charge in [-0.2, -0.15) is 0 Å². The second kappa shape index (κ2) is 8.40. The number of carbonyl (C=O) groups excluding carboxylic acids is 2. The lowest BCUT2D eigenvalue weighted by atomic mass is 10.1. The molecule has 0 unspecified atom stereocenters. The van der Waals surface area contributed by atoms with Gasteiger partial charge in [-0.05, 0) is 49.9 Å². The number of hydrogen-bond donors (Lipinski definition) is 1. The van der Waals surface area contributed by atoms with Crippen molar-refractivity contribution in [2.45, 2.75) is 31.8 Å². The van der Waals surface area contributed by atoms with E-state index in [1.807, 2.05) is 16.8 Å². The number of carbonyl (C=O) groups is 2. The van der Waals surface area contributed by atoms with Gasteiger partial charge in [-0.3, -0.25) is 14.2 Å². The Kier molecular flexibility index (Phi) is 5.98. The van der Waals surface area contributed by atoms with E-state index in [2.05, 4.69) is 36.3 Å². The Labute approximate surface area is 158 Å². The molecule has 2 aromatic rings. The van der Waals surface area contributed by atoms with Crippen LogP contribution in [0.3, 0.4) is 0 Å². The van der Waals surface area contributed by atoms with Gasteiger partial charge in [0, 0.05) is 31.2 Å². The number of amides is 2. The fourth-order valence-electron chi connectivity index (χ4n) is 2.90. The van der Waals surface area contributed by atoms with Crippen molar-refractivity contribution >= 4 is 23.6 Å². The smallest absolute Gasteiger partial charge is 0.241 e. The predicted octanol–water partition coefficient (Wildman–Crippen LogP) is 2.32. The van der Waals surface area contributed by atoms with Gasteiger partial charge in [0.2, 0.25) is 11.8 Å². The van der Waals surface area contributed by atoms with E-state index in [0.717, 1.165) is 36.8 Å². The number of hydrogen-bond acceptors (Lipinski definition) is 4. The third-order valence-corrected chi connectivity index (χ3v) is 5.57. The summed E-state index contributed by atoms with van der Waals surface area (Å²) in [4.78, 5) is 30.2. The Balaban J connectivity index is 1.53. The van der Waals surface area contributed by atoms with Crippen molar-refractivity contribution in [3.8, 4) is 5.69 Å². The van der Waals surface area contributed by atoms with E-state index in [4.69, 9.17) is 0 Å². The number of benzene rings is 1. The van der Waals surface area contributed by atoms with Gasteiger partial charge in [0.1, 0.15) is 0 Å². The molecule has 0 atom stereocenters. The second-order valence-corrected chi connectivity index (χ2v) is 7.44. The SMILES string of the molecule is Cc1ccc(-n2ccnc2SCC(=O)NCC(=O)N2CCCC2)cc1C. The maximum Gasteiger partial charge on any atom is 0.241 e. The van der Waals surface area contributed by atoms with Crippen molar-refractivity contribution in [2.24, 2.45) is 0 Å². The summed E-state index contributed by atoms with van der Waals surface area (Å²) in [7, 11) is 0. The number of thioether (sulfide) groups is 1. The average Bonchev–Trinajstić information content (AvgIpc) is 3.32. The van der Waals surface area contributed by atoms with Crippen LogP contribution in [-0.4, -0.2) is 51.7 Å². The highest BCUT2D eigenvalue weighted by atomic mass is 32.2. The van der Waals surface area contributed by atoms with E-state index in [1.165, 1.54) is 22.9 Å². The van der Waals surface area contributed by atoms with Gasteiger partial charge >= 0.3 is 0 Å². The molecule has 2 heterocycles. The number of aryl methyl sites for hydroxylation is 2. The van der Waals surface area contributed by atoms with E-state index in [0.29, 0.717) is 0 Å². The van der Waals surface area contributed by atoms with Crippen LogP contribution in [-0.2, 0) is 9.59 Å². The van der Waals surface area contributed by atoms with Gasteiger partial charge in [-0.25, -0.2) is 4.98 Å². The first kappa shape index (κ1) is 18.5. The molecule has 26 heavy (non-hydrogen) atoms. The molecule has 6 nitrogen and oxygen atoms in total. The van der Waals surface area contributed by atoms with Gasteiger partial charge < -0.3 is 10.2 Å². The van der Waals surface area contributed by atoms with Crippen LogP contribution in [0.1, 0.15) is 24.0 Å². The number of nitrogens with zero attached hydrogens (tertiary/aromatic N) is 3. The highest BCUT2D eigenvalue weighted by Gasteiger charge is 2.18. The molecular formula is C19H24N4O2S. The number of aromatic nitrogens is 2. The van der Waals surface area contributed by atoms with Crippen molar-refractivity contribution < 1.29 is 9.59 Å². The quantitative estimate of drug-likeness (QED) is 0.790. The van der Waals surface area contributed by atoms with Crippen LogP contribution in [0, 0.1) is 13.8 Å². The number of rotatable bonds is 6. The van der Waals surface area contributed by atoms with Crippen LogP contribution in [0.15, 0.2) is 35.7 Å². The summed E-state index contributed by atoms with van der Waals surface area (Å²) in [5.74, 6) is 0.0736. The summed E-state index contributed by atoms with van der Waals surface area (Å²) in [6.45, 7) is 5.84. The molecule has 1 aromatic heterocycles. The van der Waals surface area contributed by atoms with Crippen molar-refractivity contribution in [2.75, 3.05) is 25.4 Å². The van der Waals surface area contributed by atoms with Crippen molar-refractivity contribution in [3.05, 3.63) is 41.7 Å². The Morgan fingerprint density at radius 2 is 1.96 bits per heavy atom. The molecule has 1 aromatic carbocycles. The fourth-order valence-corrected chi connectivity index (χ4v) is 3.71. The average molecular weight is 372 g/mol. The molecular weight excluding hydrogens is 348 g/mol. The van der Waals surface area contributed by atoms with Crippen LogP contribution in [0.4, 0.5) is 0 Å². The summed E-state index contributed by atoms with van der Waals surface area (Å²) in [5, 5.41) is 3.47. The van der Waals surface area contributed by atoms with Crippen LogP contribution in [0.2, 0.25) is 0 Å². The number of likely N-dealkylation sites (tertiary alicyclic amines) is 1. The molecule has 0 bridgehead atoms. The van der Waals surface area contributed by atoms with E-state index in [1.54, 1.807) is 11.1 Å². The Morgan fingerprint density at radius 1 is 1.19 bits per heavy atom. The summed E-state index contributed by atoms with van der Waals surface area (Å²) in [6, 6.07) is 6.23. The largest absolute Gasteiger partial charge is 0.346 e. The maximum absolute atomic E-state index is 12.1. The molecule has 3 rings (SSSR count). The molecule has 0 spiro atoms. The van der Waals surface area contributed by atoms with Crippen LogP contribution < -0.4 is 5.32 Å². The third-order valence-electron chi connectivity index (χ3n) is 4.60. The van der Waals surface area contributed by atoms with Gasteiger partial charge in [0.15, 0.2) is 5.16 Å². The molecule has 7 heteroatoms. The first-order valence-corrected chi connectivity index (χ1v) is 9.81. The molecule has 0 saturated carbocycles. The number of nitrogens with one attached hydrogen (secondary N) is 1. The first-order valence-electron chi connectivity index (χ1n) is 8.83. The van der Waals surface area contributed by atoms with Crippen LogP contribution in [0.25, 0.3) is 5.69 Å². The summed E-state index contributed by atoms with van der Waals surface area (Å²) in [6.07, 6.45) is 5.72. The maximum atomic E-state index is 12.1. The topological polar surface area (TPSA) is 67.2 Å². The fraction of sp³-hybridized carbons (Fsp3) is 0.421. The standard InChI is InChI=1S/C19H24N4O2S/c1-14-5-6-16(11-15(14)2)23-10-7-20-19(23)26-13-17(24)21-12-18(25)22-8-3-4-9-22/h5-7,10-11H,3-4,8-9,12-13H2,1-2H3,(H,21,24). The first-order chi connectivity index (χ1) is 12.5. The molecule has 2 amide bonds. The zero-order valence-corrected chi connectivity index (χ0v) is 16.0. The molecule has 138 valence electrons. The third kappa shape index (κ3) is 4.46. The Morgan fingerprint density at radius 3 is 2.69 bits per heavy atom. The lowest BCUT2D eigenvalue weighted by molar-refractivity contribution is -0.131. The molecule has 1 aliphatic rings. The molecule has 1 N–H and O–H groups in total. The predicted molar refractivity (Wildman–Crippen MR) is 103 cm³/mol. The summed E-state index contributed by atoms with van der Waals surface area (Å²) < 4.78 is 1.97. The summed E-state index contributed by atoms with van der Waals surface area (Å²) >= 11 is 1.37. The Hall–Kier alpha value is -2.28.